The zero-order chi connectivity index (χ0) is 16.2. The van der Waals surface area contributed by atoms with Crippen molar-refractivity contribution in [2.75, 3.05) is 5.32 Å². The number of aryl methyl sites for hydroxylation is 2. The summed E-state index contributed by atoms with van der Waals surface area (Å²) in [5.74, 6) is -0.0233. The van der Waals surface area contributed by atoms with Crippen LogP contribution in [0.4, 0.5) is 5.82 Å². The Labute approximate surface area is 135 Å². The Balaban J connectivity index is 1.63. The van der Waals surface area contributed by atoms with Crippen LogP contribution >= 0.6 is 11.3 Å². The molecule has 3 heterocycles. The van der Waals surface area contributed by atoms with E-state index in [1.54, 1.807) is 12.3 Å². The SMILES string of the molecule is Cc1cccnc1NC(=O)CCn1nc(-c2cccs2)oc1=O. The van der Waals surface area contributed by atoms with Gasteiger partial charge >= 0.3 is 5.76 Å². The molecule has 0 bridgehead atoms. The summed E-state index contributed by atoms with van der Waals surface area (Å²) in [5.41, 5.74) is 0.874. The molecular weight excluding hydrogens is 316 g/mol. The van der Waals surface area contributed by atoms with Crippen molar-refractivity contribution in [1.29, 1.82) is 0 Å². The van der Waals surface area contributed by atoms with E-state index in [2.05, 4.69) is 15.4 Å². The van der Waals surface area contributed by atoms with Crippen molar-refractivity contribution in [2.24, 2.45) is 0 Å². The highest BCUT2D eigenvalue weighted by molar-refractivity contribution is 7.13. The first-order valence-electron chi connectivity index (χ1n) is 6.97. The van der Waals surface area contributed by atoms with Crippen LogP contribution in [-0.4, -0.2) is 20.7 Å². The van der Waals surface area contributed by atoms with Crippen molar-refractivity contribution in [3.63, 3.8) is 0 Å². The molecule has 0 aliphatic rings. The zero-order valence-corrected chi connectivity index (χ0v) is 13.2. The van der Waals surface area contributed by atoms with Crippen LogP contribution in [0.5, 0.6) is 0 Å². The van der Waals surface area contributed by atoms with E-state index in [0.29, 0.717) is 5.82 Å². The predicted molar refractivity (Wildman–Crippen MR) is 86.3 cm³/mol. The molecule has 0 unspecified atom stereocenters. The normalized spacial score (nSPS) is 10.7. The van der Waals surface area contributed by atoms with Gasteiger partial charge in [-0.05, 0) is 30.0 Å². The minimum absolute atomic E-state index is 0.104. The number of hydrogen-bond donors (Lipinski definition) is 1. The van der Waals surface area contributed by atoms with E-state index in [1.165, 1.54) is 11.3 Å². The lowest BCUT2D eigenvalue weighted by Gasteiger charge is -2.06. The molecule has 3 aromatic rings. The number of rotatable bonds is 5. The molecule has 23 heavy (non-hydrogen) atoms. The number of aromatic nitrogens is 3. The Bertz CT molecular complexity index is 867. The van der Waals surface area contributed by atoms with Crippen LogP contribution in [0.25, 0.3) is 10.8 Å². The average Bonchev–Trinajstić information content (AvgIpc) is 3.17. The molecule has 0 atom stereocenters. The van der Waals surface area contributed by atoms with Gasteiger partial charge in [-0.3, -0.25) is 4.79 Å². The summed E-state index contributed by atoms with van der Waals surface area (Å²) in [7, 11) is 0. The molecule has 0 saturated carbocycles. The molecule has 3 aromatic heterocycles. The summed E-state index contributed by atoms with van der Waals surface area (Å²) in [4.78, 5) is 28.6. The molecule has 0 aliphatic carbocycles. The summed E-state index contributed by atoms with van der Waals surface area (Å²) in [6.45, 7) is 2.00. The largest absolute Gasteiger partial charge is 0.437 e. The van der Waals surface area contributed by atoms with Crippen LogP contribution in [0, 0.1) is 6.92 Å². The van der Waals surface area contributed by atoms with E-state index < -0.39 is 5.76 Å². The number of pyridine rings is 1. The molecule has 0 radical (unpaired) electrons. The monoisotopic (exact) mass is 330 g/mol. The molecular formula is C15H14N4O3S. The van der Waals surface area contributed by atoms with E-state index >= 15 is 0 Å². The van der Waals surface area contributed by atoms with E-state index in [-0.39, 0.29) is 24.8 Å². The number of nitrogens with zero attached hydrogens (tertiary/aromatic N) is 3. The lowest BCUT2D eigenvalue weighted by atomic mass is 10.3. The molecule has 3 rings (SSSR count). The second kappa shape index (κ2) is 6.57. The lowest BCUT2D eigenvalue weighted by Crippen LogP contribution is -2.21. The molecule has 0 spiro atoms. The van der Waals surface area contributed by atoms with Crippen molar-refractivity contribution in [1.82, 2.24) is 14.8 Å². The summed E-state index contributed by atoms with van der Waals surface area (Å²) in [5, 5.41) is 8.69. The fourth-order valence-electron chi connectivity index (χ4n) is 1.97. The average molecular weight is 330 g/mol. The highest BCUT2D eigenvalue weighted by atomic mass is 32.1. The van der Waals surface area contributed by atoms with Gasteiger partial charge in [0.25, 0.3) is 5.89 Å². The molecule has 1 amide bonds. The maximum atomic E-state index is 12.0. The number of carbonyl (C=O) groups is 1. The number of anilines is 1. The van der Waals surface area contributed by atoms with Crippen LogP contribution in [0.1, 0.15) is 12.0 Å². The predicted octanol–water partition coefficient (Wildman–Crippen LogP) is 2.30. The first kappa shape index (κ1) is 15.2. The van der Waals surface area contributed by atoms with Crippen LogP contribution in [0.15, 0.2) is 45.1 Å². The Morgan fingerprint density at radius 3 is 3.00 bits per heavy atom. The highest BCUT2D eigenvalue weighted by Gasteiger charge is 2.12. The van der Waals surface area contributed by atoms with Crippen molar-refractivity contribution in [3.8, 4) is 10.8 Å². The Morgan fingerprint density at radius 1 is 1.39 bits per heavy atom. The Morgan fingerprint density at radius 2 is 2.26 bits per heavy atom. The number of amides is 1. The van der Waals surface area contributed by atoms with Gasteiger partial charge in [0.2, 0.25) is 5.91 Å². The minimum Gasteiger partial charge on any atom is -0.387 e. The number of thiophene rings is 1. The van der Waals surface area contributed by atoms with Crippen LogP contribution in [-0.2, 0) is 11.3 Å². The molecule has 8 heteroatoms. The van der Waals surface area contributed by atoms with Gasteiger partial charge in [-0.25, -0.2) is 9.78 Å². The standard InChI is InChI=1S/C15H14N4O3S/c1-10-4-2-7-16-13(10)17-12(20)6-8-19-15(21)22-14(18-19)11-5-3-9-23-11/h2-5,7,9H,6,8H2,1H3,(H,16,17,20). The van der Waals surface area contributed by atoms with Gasteiger partial charge in [-0.2, -0.15) is 4.68 Å². The zero-order valence-electron chi connectivity index (χ0n) is 12.4. The second-order valence-electron chi connectivity index (χ2n) is 4.84. The molecule has 1 N–H and O–H groups in total. The van der Waals surface area contributed by atoms with Gasteiger partial charge in [0.15, 0.2) is 0 Å². The van der Waals surface area contributed by atoms with Gasteiger partial charge in [0.1, 0.15) is 5.82 Å². The number of nitrogens with one attached hydrogen (secondary N) is 1. The number of hydrogen-bond acceptors (Lipinski definition) is 6. The number of carbonyl (C=O) groups excluding carboxylic acids is 1. The second-order valence-corrected chi connectivity index (χ2v) is 5.79. The van der Waals surface area contributed by atoms with Gasteiger partial charge in [0.05, 0.1) is 11.4 Å². The van der Waals surface area contributed by atoms with Crippen molar-refractivity contribution in [3.05, 3.63) is 52.0 Å². The van der Waals surface area contributed by atoms with Crippen LogP contribution in [0.3, 0.4) is 0 Å². The van der Waals surface area contributed by atoms with Crippen molar-refractivity contribution in [2.45, 2.75) is 19.9 Å². The van der Waals surface area contributed by atoms with E-state index in [0.717, 1.165) is 15.1 Å². The van der Waals surface area contributed by atoms with Crippen molar-refractivity contribution < 1.29 is 9.21 Å². The minimum atomic E-state index is -0.574. The quantitative estimate of drug-likeness (QED) is 0.775. The van der Waals surface area contributed by atoms with Crippen LogP contribution < -0.4 is 11.1 Å². The molecule has 0 saturated heterocycles. The van der Waals surface area contributed by atoms with E-state index in [1.807, 2.05) is 30.5 Å². The smallest absolute Gasteiger partial charge is 0.387 e. The Kier molecular flexibility index (Phi) is 4.33. The maximum absolute atomic E-state index is 12.0. The van der Waals surface area contributed by atoms with Gasteiger partial charge < -0.3 is 9.73 Å². The first-order chi connectivity index (χ1) is 11.1. The van der Waals surface area contributed by atoms with Crippen LogP contribution in [0.2, 0.25) is 0 Å². The van der Waals surface area contributed by atoms with Gasteiger partial charge in [0, 0.05) is 12.6 Å². The molecule has 0 fully saturated rings. The van der Waals surface area contributed by atoms with Crippen molar-refractivity contribution >= 4 is 23.1 Å². The fraction of sp³-hybridized carbons (Fsp3) is 0.200. The molecule has 7 nitrogen and oxygen atoms in total. The topological polar surface area (TPSA) is 90.0 Å². The molecule has 0 aromatic carbocycles. The molecule has 118 valence electrons. The van der Waals surface area contributed by atoms with E-state index in [9.17, 15) is 9.59 Å². The van der Waals surface area contributed by atoms with Gasteiger partial charge in [-0.1, -0.05) is 12.1 Å². The summed E-state index contributed by atoms with van der Waals surface area (Å²) in [6, 6.07) is 7.32. The molecule has 0 aliphatic heterocycles. The third kappa shape index (κ3) is 3.54. The van der Waals surface area contributed by atoms with Gasteiger partial charge in [-0.15, -0.1) is 16.4 Å². The highest BCUT2D eigenvalue weighted by Crippen LogP contribution is 2.21. The summed E-state index contributed by atoms with van der Waals surface area (Å²) < 4.78 is 6.24. The Hall–Kier alpha value is -2.74. The summed E-state index contributed by atoms with van der Waals surface area (Å²) >= 11 is 1.43. The lowest BCUT2D eigenvalue weighted by molar-refractivity contribution is -0.116. The summed E-state index contributed by atoms with van der Waals surface area (Å²) in [6.07, 6.45) is 1.71. The third-order valence-corrected chi connectivity index (χ3v) is 4.01. The van der Waals surface area contributed by atoms with E-state index in [4.69, 9.17) is 4.42 Å². The maximum Gasteiger partial charge on any atom is 0.437 e. The fourth-order valence-corrected chi connectivity index (χ4v) is 2.61. The first-order valence-corrected chi connectivity index (χ1v) is 7.85. The third-order valence-electron chi connectivity index (χ3n) is 3.16.